The maximum atomic E-state index is 11.9. The summed E-state index contributed by atoms with van der Waals surface area (Å²) in [4.78, 5) is 23.7. The van der Waals surface area contributed by atoms with Gasteiger partial charge in [-0.3, -0.25) is 9.59 Å². The first kappa shape index (κ1) is 24.8. The lowest BCUT2D eigenvalue weighted by Gasteiger charge is -2.42. The summed E-state index contributed by atoms with van der Waals surface area (Å²) in [6.07, 6.45) is 4.91. The van der Waals surface area contributed by atoms with Crippen LogP contribution >= 0.6 is 0 Å². The molecule has 2 aromatic rings. The van der Waals surface area contributed by atoms with Gasteiger partial charge in [0.05, 0.1) is 0 Å². The summed E-state index contributed by atoms with van der Waals surface area (Å²) >= 11 is 0. The molecular formula is C29H36O4. The molecule has 0 unspecified atom stereocenters. The first-order chi connectivity index (χ1) is 15.5. The molecule has 0 amide bonds. The molecule has 4 heteroatoms. The Balaban J connectivity index is 1.98. The number of allylic oxidation sites excluding steroid dienone is 1. The van der Waals surface area contributed by atoms with Crippen molar-refractivity contribution in [3.8, 4) is 11.5 Å². The lowest BCUT2D eigenvalue weighted by atomic mass is 9.63. The normalized spacial score (nSPS) is 16.6. The van der Waals surface area contributed by atoms with Crippen LogP contribution in [0.3, 0.4) is 0 Å². The molecule has 2 aromatic carbocycles. The number of ether oxygens (including phenoxy) is 2. The van der Waals surface area contributed by atoms with E-state index in [1.54, 1.807) is 26.0 Å². The molecule has 1 aliphatic carbocycles. The van der Waals surface area contributed by atoms with Crippen LogP contribution in [0.2, 0.25) is 0 Å². The van der Waals surface area contributed by atoms with Gasteiger partial charge in [0.2, 0.25) is 0 Å². The number of hydrogen-bond acceptors (Lipinski definition) is 4. The summed E-state index contributed by atoms with van der Waals surface area (Å²) in [5.41, 5.74) is 6.35. The SMILES string of the molecule is CCC(=O)Oc1ccc(/C=C(\C)c2ccc3c(c2)C(C)(C)CCC3(C)C)cc1OC(=O)CC. The largest absolute Gasteiger partial charge is 0.423 e. The second-order valence-electron chi connectivity index (χ2n) is 10.2. The number of fused-ring (bicyclic) bond motifs is 1. The predicted octanol–water partition coefficient (Wildman–Crippen LogP) is 7.23. The Morgan fingerprint density at radius 3 is 2.00 bits per heavy atom. The molecule has 0 spiro atoms. The first-order valence-corrected chi connectivity index (χ1v) is 11.9. The zero-order valence-corrected chi connectivity index (χ0v) is 21.0. The Bertz CT molecular complexity index is 1090. The molecule has 3 rings (SSSR count). The van der Waals surface area contributed by atoms with Crippen molar-refractivity contribution in [2.24, 2.45) is 0 Å². The fourth-order valence-electron chi connectivity index (χ4n) is 4.34. The molecular weight excluding hydrogens is 412 g/mol. The van der Waals surface area contributed by atoms with Crippen LogP contribution < -0.4 is 9.47 Å². The molecule has 0 atom stereocenters. The minimum Gasteiger partial charge on any atom is -0.423 e. The molecule has 0 saturated carbocycles. The van der Waals surface area contributed by atoms with Crippen LogP contribution in [0.15, 0.2) is 36.4 Å². The Morgan fingerprint density at radius 1 is 0.818 bits per heavy atom. The van der Waals surface area contributed by atoms with Crippen LogP contribution in [-0.2, 0) is 20.4 Å². The minimum atomic E-state index is -0.374. The van der Waals surface area contributed by atoms with E-state index in [2.05, 4.69) is 58.9 Å². The van der Waals surface area contributed by atoms with E-state index in [0.29, 0.717) is 0 Å². The zero-order valence-electron chi connectivity index (χ0n) is 21.0. The van der Waals surface area contributed by atoms with Gasteiger partial charge in [-0.05, 0) is 70.6 Å². The van der Waals surface area contributed by atoms with Crippen LogP contribution in [0.25, 0.3) is 11.6 Å². The van der Waals surface area contributed by atoms with E-state index in [1.807, 2.05) is 6.07 Å². The lowest BCUT2D eigenvalue weighted by Crippen LogP contribution is -2.33. The highest BCUT2D eigenvalue weighted by atomic mass is 16.6. The maximum Gasteiger partial charge on any atom is 0.311 e. The number of carbonyl (C=O) groups is 2. The monoisotopic (exact) mass is 448 g/mol. The van der Waals surface area contributed by atoms with E-state index in [0.717, 1.165) is 11.1 Å². The summed E-state index contributed by atoms with van der Waals surface area (Å²) < 4.78 is 10.8. The van der Waals surface area contributed by atoms with Gasteiger partial charge in [-0.15, -0.1) is 0 Å². The Morgan fingerprint density at radius 2 is 1.39 bits per heavy atom. The van der Waals surface area contributed by atoms with E-state index in [9.17, 15) is 9.59 Å². The smallest absolute Gasteiger partial charge is 0.311 e. The van der Waals surface area contributed by atoms with E-state index >= 15 is 0 Å². The van der Waals surface area contributed by atoms with Crippen molar-refractivity contribution >= 4 is 23.6 Å². The number of rotatable bonds is 6. The molecule has 4 nitrogen and oxygen atoms in total. The van der Waals surface area contributed by atoms with Crippen molar-refractivity contribution in [3.05, 3.63) is 58.7 Å². The predicted molar refractivity (Wildman–Crippen MR) is 134 cm³/mol. The van der Waals surface area contributed by atoms with Crippen LogP contribution in [0, 0.1) is 0 Å². The van der Waals surface area contributed by atoms with Gasteiger partial charge in [-0.1, -0.05) is 71.9 Å². The van der Waals surface area contributed by atoms with Crippen LogP contribution in [0.5, 0.6) is 11.5 Å². The molecule has 0 aliphatic heterocycles. The van der Waals surface area contributed by atoms with Gasteiger partial charge in [0, 0.05) is 12.8 Å². The van der Waals surface area contributed by atoms with Crippen molar-refractivity contribution in [2.45, 2.75) is 85.0 Å². The Hall–Kier alpha value is -2.88. The van der Waals surface area contributed by atoms with E-state index in [4.69, 9.17) is 9.47 Å². The van der Waals surface area contributed by atoms with Gasteiger partial charge in [0.15, 0.2) is 11.5 Å². The summed E-state index contributed by atoms with van der Waals surface area (Å²) in [6, 6.07) is 12.1. The molecule has 33 heavy (non-hydrogen) atoms. The summed E-state index contributed by atoms with van der Waals surface area (Å²) in [6.45, 7) is 14.9. The summed E-state index contributed by atoms with van der Waals surface area (Å²) in [7, 11) is 0. The Labute approximate surface area is 198 Å². The second kappa shape index (κ2) is 9.54. The van der Waals surface area contributed by atoms with Gasteiger partial charge < -0.3 is 9.47 Å². The van der Waals surface area contributed by atoms with Gasteiger partial charge in [0.25, 0.3) is 0 Å². The van der Waals surface area contributed by atoms with Gasteiger partial charge in [0.1, 0.15) is 0 Å². The highest BCUT2D eigenvalue weighted by molar-refractivity contribution is 5.82. The Kier molecular flexibility index (Phi) is 7.16. The van der Waals surface area contributed by atoms with Crippen LogP contribution in [-0.4, -0.2) is 11.9 Å². The quantitative estimate of drug-likeness (QED) is 0.266. The molecule has 0 saturated heterocycles. The maximum absolute atomic E-state index is 11.9. The molecule has 0 fully saturated rings. The standard InChI is InChI=1S/C29H36O4/c1-8-26(30)32-24-13-10-20(17-25(24)33-27(31)9-2)16-19(3)21-11-12-22-23(18-21)29(6,7)15-14-28(22,4)5/h10-13,16-18H,8-9,14-15H2,1-7H3/b19-16+. The van der Waals surface area contributed by atoms with E-state index in [-0.39, 0.29) is 47.1 Å². The van der Waals surface area contributed by atoms with Crippen molar-refractivity contribution in [3.63, 3.8) is 0 Å². The number of benzene rings is 2. The fourth-order valence-corrected chi connectivity index (χ4v) is 4.34. The number of carbonyl (C=O) groups excluding carboxylic acids is 2. The average Bonchev–Trinajstić information content (AvgIpc) is 2.78. The third kappa shape index (κ3) is 5.55. The van der Waals surface area contributed by atoms with Gasteiger partial charge >= 0.3 is 11.9 Å². The zero-order chi connectivity index (χ0) is 24.4. The van der Waals surface area contributed by atoms with Gasteiger partial charge in [-0.25, -0.2) is 0 Å². The molecule has 0 N–H and O–H groups in total. The lowest BCUT2D eigenvalue weighted by molar-refractivity contribution is -0.136. The van der Waals surface area contributed by atoms with Crippen LogP contribution in [0.1, 0.15) is 96.4 Å². The fraction of sp³-hybridized carbons (Fsp3) is 0.448. The van der Waals surface area contributed by atoms with Gasteiger partial charge in [-0.2, -0.15) is 0 Å². The molecule has 0 radical (unpaired) electrons. The molecule has 0 heterocycles. The molecule has 0 bridgehead atoms. The average molecular weight is 449 g/mol. The van der Waals surface area contributed by atoms with Crippen LogP contribution in [0.4, 0.5) is 0 Å². The third-order valence-electron chi connectivity index (χ3n) is 6.68. The van der Waals surface area contributed by atoms with Crippen molar-refractivity contribution < 1.29 is 19.1 Å². The third-order valence-corrected chi connectivity index (χ3v) is 6.68. The van der Waals surface area contributed by atoms with E-state index < -0.39 is 0 Å². The molecule has 176 valence electrons. The van der Waals surface area contributed by atoms with E-state index in [1.165, 1.54) is 29.5 Å². The highest BCUT2D eigenvalue weighted by Gasteiger charge is 2.36. The summed E-state index contributed by atoms with van der Waals surface area (Å²) in [5, 5.41) is 0. The molecule has 0 aromatic heterocycles. The number of esters is 2. The summed E-state index contributed by atoms with van der Waals surface area (Å²) in [5.74, 6) is -0.223. The highest BCUT2D eigenvalue weighted by Crippen LogP contribution is 2.46. The van der Waals surface area contributed by atoms with Crippen molar-refractivity contribution in [2.75, 3.05) is 0 Å². The number of hydrogen-bond donors (Lipinski definition) is 0. The van der Waals surface area contributed by atoms with Crippen molar-refractivity contribution in [1.82, 2.24) is 0 Å². The van der Waals surface area contributed by atoms with Crippen molar-refractivity contribution in [1.29, 1.82) is 0 Å². The molecule has 1 aliphatic rings. The minimum absolute atomic E-state index is 0.146. The first-order valence-electron chi connectivity index (χ1n) is 11.9. The second-order valence-corrected chi connectivity index (χ2v) is 10.2. The topological polar surface area (TPSA) is 52.6 Å².